The Kier molecular flexibility index (Phi) is 5.96. The van der Waals surface area contributed by atoms with Crippen LogP contribution in [0.4, 0.5) is 9.18 Å². The molecule has 0 aliphatic rings. The van der Waals surface area contributed by atoms with Gasteiger partial charge in [0.2, 0.25) is 0 Å². The van der Waals surface area contributed by atoms with Crippen LogP contribution in [0.3, 0.4) is 0 Å². The fraction of sp³-hybridized carbons (Fsp3) is 0.429. The van der Waals surface area contributed by atoms with Gasteiger partial charge in [-0.3, -0.25) is 0 Å². The Morgan fingerprint density at radius 3 is 2.60 bits per heavy atom. The molecule has 0 saturated carbocycles. The van der Waals surface area contributed by atoms with Crippen LogP contribution in [0, 0.1) is 5.82 Å². The number of nitrogens with one attached hydrogen (secondary N) is 2. The van der Waals surface area contributed by atoms with Crippen molar-refractivity contribution >= 4 is 12.0 Å². The molecule has 2 atom stereocenters. The van der Waals surface area contributed by atoms with Gasteiger partial charge in [-0.25, -0.2) is 14.0 Å². The number of aliphatic carboxylic acids is 1. The average molecular weight is 282 g/mol. The molecule has 20 heavy (non-hydrogen) atoms. The number of carboxylic acid groups (broad SMARTS) is 1. The van der Waals surface area contributed by atoms with Crippen LogP contribution in [0.5, 0.6) is 0 Å². The molecule has 0 heterocycles. The lowest BCUT2D eigenvalue weighted by Gasteiger charge is -2.18. The molecule has 0 spiro atoms. The molecule has 0 saturated heterocycles. The number of urea groups is 1. The minimum Gasteiger partial charge on any atom is -0.480 e. The predicted octanol–water partition coefficient (Wildman–Crippen LogP) is 2.44. The highest BCUT2D eigenvalue weighted by molar-refractivity contribution is 5.82. The number of halogens is 1. The fourth-order valence-corrected chi connectivity index (χ4v) is 1.80. The number of amides is 2. The van der Waals surface area contributed by atoms with Gasteiger partial charge in [0.15, 0.2) is 0 Å². The van der Waals surface area contributed by atoms with Gasteiger partial charge in [-0.2, -0.15) is 0 Å². The quantitative estimate of drug-likeness (QED) is 0.750. The molecule has 110 valence electrons. The van der Waals surface area contributed by atoms with E-state index in [0.717, 1.165) is 0 Å². The van der Waals surface area contributed by atoms with Gasteiger partial charge in [-0.15, -0.1) is 0 Å². The second-order valence-corrected chi connectivity index (χ2v) is 4.57. The maximum atomic E-state index is 13.1. The van der Waals surface area contributed by atoms with Crippen LogP contribution in [-0.4, -0.2) is 23.1 Å². The number of carbonyl (C=O) groups excluding carboxylic acids is 1. The van der Waals surface area contributed by atoms with Crippen molar-refractivity contribution in [2.75, 3.05) is 0 Å². The first-order valence-corrected chi connectivity index (χ1v) is 6.49. The van der Waals surface area contributed by atoms with Gasteiger partial charge in [0.1, 0.15) is 11.9 Å². The van der Waals surface area contributed by atoms with Crippen molar-refractivity contribution in [2.24, 2.45) is 0 Å². The summed E-state index contributed by atoms with van der Waals surface area (Å²) < 4.78 is 13.1. The minimum absolute atomic E-state index is 0.358. The summed E-state index contributed by atoms with van der Waals surface area (Å²) in [5, 5.41) is 13.9. The lowest BCUT2D eigenvalue weighted by atomic mass is 10.1. The highest BCUT2D eigenvalue weighted by atomic mass is 19.1. The van der Waals surface area contributed by atoms with Crippen molar-refractivity contribution in [3.63, 3.8) is 0 Å². The molecule has 6 heteroatoms. The summed E-state index contributed by atoms with van der Waals surface area (Å²) in [6.45, 7) is 3.54. The van der Waals surface area contributed by atoms with Crippen LogP contribution in [0.25, 0.3) is 0 Å². The summed E-state index contributed by atoms with van der Waals surface area (Å²) in [5.41, 5.74) is 0.613. The van der Waals surface area contributed by atoms with Gasteiger partial charge < -0.3 is 15.7 Å². The van der Waals surface area contributed by atoms with Crippen molar-refractivity contribution in [2.45, 2.75) is 38.8 Å². The number of carboxylic acids is 1. The van der Waals surface area contributed by atoms with Crippen molar-refractivity contribution in [1.29, 1.82) is 0 Å². The van der Waals surface area contributed by atoms with E-state index in [9.17, 15) is 14.0 Å². The molecule has 2 amide bonds. The van der Waals surface area contributed by atoms with Gasteiger partial charge >= 0.3 is 12.0 Å². The second-order valence-electron chi connectivity index (χ2n) is 4.57. The van der Waals surface area contributed by atoms with Crippen molar-refractivity contribution < 1.29 is 19.1 Å². The molecular weight excluding hydrogens is 263 g/mol. The SMILES string of the molecule is CCCC(NC(=O)NC(C)c1cccc(F)c1)C(=O)O. The first kappa shape index (κ1) is 15.9. The molecule has 3 N–H and O–H groups in total. The van der Waals surface area contributed by atoms with Crippen LogP contribution in [0.2, 0.25) is 0 Å². The van der Waals surface area contributed by atoms with E-state index < -0.39 is 24.1 Å². The van der Waals surface area contributed by atoms with Gasteiger partial charge in [0.25, 0.3) is 0 Å². The van der Waals surface area contributed by atoms with E-state index in [4.69, 9.17) is 5.11 Å². The average Bonchev–Trinajstić information content (AvgIpc) is 2.38. The molecule has 0 aliphatic heterocycles. The van der Waals surface area contributed by atoms with E-state index in [2.05, 4.69) is 10.6 Å². The highest BCUT2D eigenvalue weighted by Crippen LogP contribution is 2.13. The largest absolute Gasteiger partial charge is 0.480 e. The molecule has 0 aromatic heterocycles. The Morgan fingerprint density at radius 2 is 2.05 bits per heavy atom. The van der Waals surface area contributed by atoms with Gasteiger partial charge in [-0.05, 0) is 31.0 Å². The number of hydrogen-bond acceptors (Lipinski definition) is 2. The van der Waals surface area contributed by atoms with E-state index >= 15 is 0 Å². The Labute approximate surface area is 117 Å². The monoisotopic (exact) mass is 282 g/mol. The smallest absolute Gasteiger partial charge is 0.326 e. The molecule has 2 unspecified atom stereocenters. The Morgan fingerprint density at radius 1 is 1.35 bits per heavy atom. The third-order valence-electron chi connectivity index (χ3n) is 2.88. The number of benzene rings is 1. The second kappa shape index (κ2) is 7.47. The molecule has 0 aliphatic carbocycles. The van der Waals surface area contributed by atoms with E-state index in [1.165, 1.54) is 12.1 Å². The minimum atomic E-state index is -1.07. The van der Waals surface area contributed by atoms with Gasteiger partial charge in [-0.1, -0.05) is 25.5 Å². The maximum absolute atomic E-state index is 13.1. The fourth-order valence-electron chi connectivity index (χ4n) is 1.80. The summed E-state index contributed by atoms with van der Waals surface area (Å²) in [4.78, 5) is 22.7. The van der Waals surface area contributed by atoms with Crippen LogP contribution in [0.15, 0.2) is 24.3 Å². The normalized spacial score (nSPS) is 13.3. The standard InChI is InChI=1S/C14H19FN2O3/c1-3-5-12(13(18)19)17-14(20)16-9(2)10-6-4-7-11(15)8-10/h4,6-9,12H,3,5H2,1-2H3,(H,18,19)(H2,16,17,20). The van der Waals surface area contributed by atoms with Crippen LogP contribution in [0.1, 0.15) is 38.3 Å². The first-order chi connectivity index (χ1) is 9.43. The summed E-state index contributed by atoms with van der Waals surface area (Å²) >= 11 is 0. The summed E-state index contributed by atoms with van der Waals surface area (Å²) in [6, 6.07) is 3.97. The topological polar surface area (TPSA) is 78.4 Å². The molecular formula is C14H19FN2O3. The Bertz CT molecular complexity index is 479. The molecule has 0 radical (unpaired) electrons. The summed E-state index contributed by atoms with van der Waals surface area (Å²) in [6.07, 6.45) is 1.01. The zero-order chi connectivity index (χ0) is 15.1. The summed E-state index contributed by atoms with van der Waals surface area (Å²) in [7, 11) is 0. The number of rotatable bonds is 6. The molecule has 5 nitrogen and oxygen atoms in total. The summed E-state index contributed by atoms with van der Waals surface area (Å²) in [5.74, 6) is -1.45. The molecule has 0 bridgehead atoms. The first-order valence-electron chi connectivity index (χ1n) is 6.49. The third kappa shape index (κ3) is 4.87. The van der Waals surface area contributed by atoms with E-state index in [1.54, 1.807) is 19.1 Å². The molecule has 0 fully saturated rings. The van der Waals surface area contributed by atoms with Crippen LogP contribution < -0.4 is 10.6 Å². The van der Waals surface area contributed by atoms with Crippen molar-refractivity contribution in [3.8, 4) is 0 Å². The lowest BCUT2D eigenvalue weighted by molar-refractivity contribution is -0.139. The van der Waals surface area contributed by atoms with Gasteiger partial charge in [0.05, 0.1) is 6.04 Å². The van der Waals surface area contributed by atoms with Crippen molar-refractivity contribution in [3.05, 3.63) is 35.6 Å². The molecule has 1 aromatic rings. The predicted molar refractivity (Wildman–Crippen MR) is 72.8 cm³/mol. The third-order valence-corrected chi connectivity index (χ3v) is 2.88. The number of hydrogen-bond donors (Lipinski definition) is 3. The molecule has 1 aromatic carbocycles. The van der Waals surface area contributed by atoms with Crippen LogP contribution >= 0.6 is 0 Å². The van der Waals surface area contributed by atoms with Crippen LogP contribution in [-0.2, 0) is 4.79 Å². The van der Waals surface area contributed by atoms with E-state index in [1.807, 2.05) is 6.92 Å². The zero-order valence-corrected chi connectivity index (χ0v) is 11.5. The van der Waals surface area contributed by atoms with E-state index in [-0.39, 0.29) is 5.82 Å². The van der Waals surface area contributed by atoms with Gasteiger partial charge in [0, 0.05) is 0 Å². The highest BCUT2D eigenvalue weighted by Gasteiger charge is 2.19. The van der Waals surface area contributed by atoms with Crippen molar-refractivity contribution in [1.82, 2.24) is 10.6 Å². The molecule has 1 rings (SSSR count). The zero-order valence-electron chi connectivity index (χ0n) is 11.5. The maximum Gasteiger partial charge on any atom is 0.326 e. The Balaban J connectivity index is 2.59. The lowest BCUT2D eigenvalue weighted by Crippen LogP contribution is -2.46. The number of carbonyl (C=O) groups is 2. The Hall–Kier alpha value is -2.11. The van der Waals surface area contributed by atoms with E-state index in [0.29, 0.717) is 18.4 Å².